The molecule has 112 valence electrons. The van der Waals surface area contributed by atoms with Crippen LogP contribution in [0.5, 0.6) is 0 Å². The van der Waals surface area contributed by atoms with Gasteiger partial charge in [0.15, 0.2) is 9.84 Å². The Bertz CT molecular complexity index is 456. The highest BCUT2D eigenvalue weighted by Crippen LogP contribution is 2.37. The lowest BCUT2D eigenvalue weighted by Crippen LogP contribution is -2.49. The molecule has 2 saturated heterocycles. The summed E-state index contributed by atoms with van der Waals surface area (Å²) < 4.78 is 22.1. The minimum absolute atomic E-state index is 0. The van der Waals surface area contributed by atoms with Crippen LogP contribution in [0.3, 0.4) is 0 Å². The maximum atomic E-state index is 12.4. The number of hydrogen-bond acceptors (Lipinski definition) is 4. The second kappa shape index (κ2) is 5.22. The molecule has 0 aliphatic carbocycles. The van der Waals surface area contributed by atoms with Crippen LogP contribution in [0.15, 0.2) is 0 Å². The summed E-state index contributed by atoms with van der Waals surface area (Å²) in [5.74, 6) is -0.256. The van der Waals surface area contributed by atoms with Gasteiger partial charge in [-0.3, -0.25) is 4.79 Å². The van der Waals surface area contributed by atoms with Crippen LogP contribution in [-0.4, -0.2) is 56.4 Å². The van der Waals surface area contributed by atoms with Crippen molar-refractivity contribution < 1.29 is 13.2 Å². The van der Waals surface area contributed by atoms with Gasteiger partial charge in [-0.15, -0.1) is 12.4 Å². The highest BCUT2D eigenvalue weighted by molar-refractivity contribution is 7.92. The molecule has 2 aliphatic rings. The van der Waals surface area contributed by atoms with Gasteiger partial charge in [-0.2, -0.15) is 0 Å². The van der Waals surface area contributed by atoms with Crippen LogP contribution in [-0.2, 0) is 14.6 Å². The Kier molecular flexibility index (Phi) is 4.59. The summed E-state index contributed by atoms with van der Waals surface area (Å²) in [7, 11) is -3.38. The maximum Gasteiger partial charge on any atom is 0.243 e. The molecular weight excluding hydrogens is 288 g/mol. The molecule has 2 aliphatic heterocycles. The Hall–Kier alpha value is -0.330. The Morgan fingerprint density at radius 3 is 2.42 bits per heavy atom. The zero-order valence-electron chi connectivity index (χ0n) is 11.7. The van der Waals surface area contributed by atoms with E-state index < -0.39 is 14.6 Å². The molecule has 0 aromatic rings. The van der Waals surface area contributed by atoms with Crippen LogP contribution in [0.1, 0.15) is 26.7 Å². The predicted molar refractivity (Wildman–Crippen MR) is 77.3 cm³/mol. The summed E-state index contributed by atoms with van der Waals surface area (Å²) in [6.45, 7) is 6.32. The molecule has 0 radical (unpaired) electrons. The summed E-state index contributed by atoms with van der Waals surface area (Å²) in [6.07, 6.45) is 3.19. The van der Waals surface area contributed by atoms with Crippen LogP contribution in [0.2, 0.25) is 0 Å². The van der Waals surface area contributed by atoms with Crippen LogP contribution in [0.4, 0.5) is 0 Å². The number of carbonyl (C=O) groups excluding carboxylic acids is 1. The Morgan fingerprint density at radius 1 is 1.32 bits per heavy atom. The molecule has 0 saturated carbocycles. The smallest absolute Gasteiger partial charge is 0.243 e. The number of likely N-dealkylation sites (tertiary alicyclic amines) is 1. The van der Waals surface area contributed by atoms with E-state index in [-0.39, 0.29) is 23.7 Å². The molecule has 0 bridgehead atoms. The van der Waals surface area contributed by atoms with E-state index in [1.165, 1.54) is 13.8 Å². The number of carbonyl (C=O) groups is 1. The van der Waals surface area contributed by atoms with E-state index in [0.717, 1.165) is 32.2 Å². The predicted octanol–water partition coefficient (Wildman–Crippen LogP) is 0.443. The number of nitrogens with one attached hydrogen (secondary N) is 1. The first kappa shape index (κ1) is 16.7. The van der Waals surface area contributed by atoms with Gasteiger partial charge in [0.25, 0.3) is 0 Å². The summed E-state index contributed by atoms with van der Waals surface area (Å²) in [6, 6.07) is 0. The summed E-state index contributed by atoms with van der Waals surface area (Å²) >= 11 is 0. The van der Waals surface area contributed by atoms with Crippen molar-refractivity contribution in [1.29, 1.82) is 0 Å². The van der Waals surface area contributed by atoms with Crippen molar-refractivity contribution in [3.63, 3.8) is 0 Å². The van der Waals surface area contributed by atoms with E-state index in [0.29, 0.717) is 13.1 Å². The van der Waals surface area contributed by atoms with Gasteiger partial charge in [0.2, 0.25) is 5.91 Å². The summed E-state index contributed by atoms with van der Waals surface area (Å²) in [5, 5.41) is 3.33. The molecule has 0 aromatic heterocycles. The molecule has 1 amide bonds. The number of nitrogens with zero attached hydrogens (tertiary/aromatic N) is 1. The van der Waals surface area contributed by atoms with Gasteiger partial charge in [-0.1, -0.05) is 0 Å². The van der Waals surface area contributed by atoms with Crippen molar-refractivity contribution in [2.24, 2.45) is 5.41 Å². The van der Waals surface area contributed by atoms with Crippen molar-refractivity contribution in [1.82, 2.24) is 10.2 Å². The first-order chi connectivity index (χ1) is 8.18. The third-order valence-corrected chi connectivity index (χ3v) is 6.53. The monoisotopic (exact) mass is 310 g/mol. The van der Waals surface area contributed by atoms with Gasteiger partial charge >= 0.3 is 0 Å². The molecule has 2 fully saturated rings. The highest BCUT2D eigenvalue weighted by atomic mass is 35.5. The first-order valence-corrected chi connectivity index (χ1v) is 8.27. The van der Waals surface area contributed by atoms with Crippen molar-refractivity contribution in [3.05, 3.63) is 0 Å². The zero-order chi connectivity index (χ0) is 13.6. The number of hydrogen-bond donors (Lipinski definition) is 1. The van der Waals surface area contributed by atoms with E-state index in [9.17, 15) is 13.2 Å². The lowest BCUT2D eigenvalue weighted by molar-refractivity contribution is -0.132. The Balaban J connectivity index is 0.00000180. The number of halogens is 1. The van der Waals surface area contributed by atoms with Crippen molar-refractivity contribution in [2.75, 3.05) is 32.4 Å². The van der Waals surface area contributed by atoms with Crippen LogP contribution >= 0.6 is 12.4 Å². The molecule has 7 heteroatoms. The van der Waals surface area contributed by atoms with Crippen LogP contribution in [0.25, 0.3) is 0 Å². The van der Waals surface area contributed by atoms with Crippen LogP contribution in [0, 0.1) is 5.41 Å². The van der Waals surface area contributed by atoms with Crippen LogP contribution < -0.4 is 5.32 Å². The molecule has 1 atom stereocenters. The molecule has 0 aromatic carbocycles. The lowest BCUT2D eigenvalue weighted by Gasteiger charge is -2.29. The average molecular weight is 311 g/mol. The van der Waals surface area contributed by atoms with Gasteiger partial charge in [0.1, 0.15) is 4.75 Å². The SMILES string of the molecule is CC(C)(C(=O)N1CCC2(CCNC2)C1)S(C)(=O)=O.Cl. The molecule has 5 nitrogen and oxygen atoms in total. The first-order valence-electron chi connectivity index (χ1n) is 6.38. The average Bonchev–Trinajstić information content (AvgIpc) is 2.87. The minimum Gasteiger partial charge on any atom is -0.341 e. The molecular formula is C12H23ClN2O3S. The van der Waals surface area contributed by atoms with E-state index in [1.807, 2.05) is 0 Å². The highest BCUT2D eigenvalue weighted by Gasteiger charge is 2.47. The van der Waals surface area contributed by atoms with Crippen molar-refractivity contribution in [3.8, 4) is 0 Å². The molecule has 1 N–H and O–H groups in total. The standard InChI is InChI=1S/C12H22N2O3S.ClH/c1-11(2,18(3,16)17)10(15)14-7-5-12(9-14)4-6-13-8-12;/h13H,4-9H2,1-3H3;1H. The molecule has 2 rings (SSSR count). The fraction of sp³-hybridized carbons (Fsp3) is 0.917. The minimum atomic E-state index is -3.38. The zero-order valence-corrected chi connectivity index (χ0v) is 13.4. The second-order valence-electron chi connectivity index (χ2n) is 6.19. The van der Waals surface area contributed by atoms with E-state index in [4.69, 9.17) is 0 Å². The van der Waals surface area contributed by atoms with Gasteiger partial charge in [0, 0.05) is 31.3 Å². The number of sulfone groups is 1. The van der Waals surface area contributed by atoms with Gasteiger partial charge in [-0.25, -0.2) is 8.42 Å². The van der Waals surface area contributed by atoms with E-state index >= 15 is 0 Å². The fourth-order valence-electron chi connectivity index (χ4n) is 2.79. The molecule has 2 heterocycles. The quantitative estimate of drug-likeness (QED) is 0.804. The van der Waals surface area contributed by atoms with E-state index in [1.54, 1.807) is 4.90 Å². The summed E-state index contributed by atoms with van der Waals surface area (Å²) in [4.78, 5) is 14.1. The lowest BCUT2D eigenvalue weighted by atomic mass is 9.86. The second-order valence-corrected chi connectivity index (χ2v) is 8.75. The van der Waals surface area contributed by atoms with E-state index in [2.05, 4.69) is 5.32 Å². The van der Waals surface area contributed by atoms with Gasteiger partial charge in [0.05, 0.1) is 0 Å². The van der Waals surface area contributed by atoms with Crippen molar-refractivity contribution in [2.45, 2.75) is 31.4 Å². The molecule has 1 unspecified atom stereocenters. The number of rotatable bonds is 2. The third kappa shape index (κ3) is 2.90. The molecule has 19 heavy (non-hydrogen) atoms. The summed E-state index contributed by atoms with van der Waals surface area (Å²) in [5.41, 5.74) is 0.184. The Labute approximate surface area is 121 Å². The van der Waals surface area contributed by atoms with Crippen molar-refractivity contribution >= 4 is 28.2 Å². The Morgan fingerprint density at radius 2 is 1.95 bits per heavy atom. The topological polar surface area (TPSA) is 66.5 Å². The van der Waals surface area contributed by atoms with Gasteiger partial charge in [-0.05, 0) is 33.2 Å². The maximum absolute atomic E-state index is 12.4. The van der Waals surface area contributed by atoms with Gasteiger partial charge < -0.3 is 10.2 Å². The third-order valence-electron chi connectivity index (χ3n) is 4.50. The normalized spacial score (nSPS) is 27.6. The molecule has 1 spiro atoms. The number of amides is 1. The largest absolute Gasteiger partial charge is 0.341 e. The fourth-order valence-corrected chi connectivity index (χ4v) is 3.24.